The third-order valence-corrected chi connectivity index (χ3v) is 4.59. The summed E-state index contributed by atoms with van der Waals surface area (Å²) in [6.07, 6.45) is 1.40. The van der Waals surface area contributed by atoms with Crippen molar-refractivity contribution in [2.24, 2.45) is 11.8 Å². The smallest absolute Gasteiger partial charge is 0.302 e. The molecule has 1 aromatic carbocycles. The van der Waals surface area contributed by atoms with Crippen molar-refractivity contribution in [2.75, 3.05) is 0 Å². The maximum Gasteiger partial charge on any atom is 0.302 e. The lowest BCUT2D eigenvalue weighted by Crippen LogP contribution is -2.28. The van der Waals surface area contributed by atoms with Gasteiger partial charge in [0.2, 0.25) is 0 Å². The van der Waals surface area contributed by atoms with Crippen LogP contribution >= 0.6 is 0 Å². The minimum absolute atomic E-state index is 0.124. The molecule has 0 amide bonds. The number of benzene rings is 1. The Morgan fingerprint density at radius 1 is 1.31 bits per heavy atom. The third-order valence-electron chi connectivity index (χ3n) is 4.59. The highest BCUT2D eigenvalue weighted by Gasteiger charge is 2.67. The van der Waals surface area contributed by atoms with Gasteiger partial charge in [0, 0.05) is 18.8 Å². The van der Waals surface area contributed by atoms with Gasteiger partial charge in [0.05, 0.1) is 0 Å². The first kappa shape index (κ1) is 8.80. The Morgan fingerprint density at radius 3 is 2.81 bits per heavy atom. The van der Waals surface area contributed by atoms with Crippen LogP contribution in [-0.4, -0.2) is 12.1 Å². The summed E-state index contributed by atoms with van der Waals surface area (Å²) in [6, 6.07) is 8.68. The van der Waals surface area contributed by atoms with Gasteiger partial charge in [0.1, 0.15) is 6.10 Å². The molecule has 0 N–H and O–H groups in total. The molecule has 82 valence electrons. The van der Waals surface area contributed by atoms with E-state index in [1.807, 2.05) is 0 Å². The molecule has 5 rings (SSSR count). The molecular formula is C14H14O2. The topological polar surface area (TPSA) is 26.3 Å². The molecule has 2 heteroatoms. The normalized spacial score (nSPS) is 41.4. The lowest BCUT2D eigenvalue weighted by atomic mass is 9.78. The Hall–Kier alpha value is -1.31. The van der Waals surface area contributed by atoms with Crippen LogP contribution in [0.2, 0.25) is 0 Å². The molecule has 5 atom stereocenters. The highest BCUT2D eigenvalue weighted by Crippen LogP contribution is 2.72. The fraction of sp³-hybridized carbons (Fsp3) is 0.500. The maximum absolute atomic E-state index is 11.1. The second-order valence-corrected chi connectivity index (χ2v) is 5.31. The monoisotopic (exact) mass is 214 g/mol. The number of esters is 1. The summed E-state index contributed by atoms with van der Waals surface area (Å²) in [7, 11) is 0. The molecule has 1 aromatic rings. The third kappa shape index (κ3) is 0.909. The van der Waals surface area contributed by atoms with Crippen LogP contribution in [-0.2, 0) is 9.53 Å². The summed E-state index contributed by atoms with van der Waals surface area (Å²) in [5, 5.41) is 0. The first-order valence-corrected chi connectivity index (χ1v) is 6.03. The van der Waals surface area contributed by atoms with E-state index in [-0.39, 0.29) is 12.1 Å². The second-order valence-electron chi connectivity index (χ2n) is 5.31. The molecule has 0 saturated heterocycles. The first-order chi connectivity index (χ1) is 7.77. The van der Waals surface area contributed by atoms with Crippen molar-refractivity contribution in [3.8, 4) is 0 Å². The van der Waals surface area contributed by atoms with Crippen LogP contribution in [0.5, 0.6) is 0 Å². The standard InChI is InChI=1S/C14H14O2/c1-7(15)16-14-10-6-11-12(13(11)14)9-5-3-2-4-8(9)10/h2-5,10-14H,6H2,1H3. The highest BCUT2D eigenvalue weighted by atomic mass is 16.5. The van der Waals surface area contributed by atoms with E-state index in [2.05, 4.69) is 24.3 Å². The summed E-state index contributed by atoms with van der Waals surface area (Å²) in [5.74, 6) is 2.46. The van der Waals surface area contributed by atoms with E-state index < -0.39 is 0 Å². The molecule has 4 aliphatic carbocycles. The van der Waals surface area contributed by atoms with Crippen LogP contribution in [0.4, 0.5) is 0 Å². The van der Waals surface area contributed by atoms with Gasteiger partial charge in [-0.2, -0.15) is 0 Å². The van der Waals surface area contributed by atoms with Crippen LogP contribution in [0, 0.1) is 11.8 Å². The molecule has 0 radical (unpaired) electrons. The van der Waals surface area contributed by atoms with Crippen molar-refractivity contribution in [3.63, 3.8) is 0 Å². The molecule has 0 spiro atoms. The van der Waals surface area contributed by atoms with Crippen molar-refractivity contribution in [3.05, 3.63) is 35.4 Å². The molecule has 0 heterocycles. The minimum Gasteiger partial charge on any atom is -0.462 e. The SMILES string of the molecule is CC(=O)OC1C2CC3C(c4ccccc42)C31. The molecule has 16 heavy (non-hydrogen) atoms. The summed E-state index contributed by atoms with van der Waals surface area (Å²) >= 11 is 0. The summed E-state index contributed by atoms with van der Waals surface area (Å²) < 4.78 is 5.52. The number of rotatable bonds is 1. The largest absolute Gasteiger partial charge is 0.462 e. The van der Waals surface area contributed by atoms with E-state index in [1.165, 1.54) is 24.5 Å². The van der Waals surface area contributed by atoms with E-state index in [9.17, 15) is 4.79 Å². The van der Waals surface area contributed by atoms with Crippen molar-refractivity contribution >= 4 is 5.97 Å². The van der Waals surface area contributed by atoms with E-state index in [0.717, 1.165) is 5.92 Å². The van der Waals surface area contributed by atoms with Crippen LogP contribution < -0.4 is 0 Å². The van der Waals surface area contributed by atoms with Crippen molar-refractivity contribution in [2.45, 2.75) is 31.3 Å². The Balaban J connectivity index is 1.78. The Morgan fingerprint density at radius 2 is 2.06 bits per heavy atom. The van der Waals surface area contributed by atoms with Gasteiger partial charge in [0.15, 0.2) is 0 Å². The summed E-state index contributed by atoms with van der Waals surface area (Å²) in [6.45, 7) is 1.52. The lowest BCUT2D eigenvalue weighted by molar-refractivity contribution is -0.148. The lowest BCUT2D eigenvalue weighted by Gasteiger charge is -2.31. The van der Waals surface area contributed by atoms with E-state index >= 15 is 0 Å². The average molecular weight is 214 g/mol. The predicted octanol–water partition coefficient (Wildman–Crippen LogP) is 2.45. The van der Waals surface area contributed by atoms with Crippen LogP contribution in [0.1, 0.15) is 36.3 Å². The molecule has 2 saturated carbocycles. The van der Waals surface area contributed by atoms with E-state index in [4.69, 9.17) is 4.74 Å². The molecule has 0 aliphatic heterocycles. The molecular weight excluding hydrogens is 200 g/mol. The van der Waals surface area contributed by atoms with Crippen LogP contribution in [0.3, 0.4) is 0 Å². The molecule has 4 aliphatic rings. The van der Waals surface area contributed by atoms with Gasteiger partial charge in [-0.25, -0.2) is 0 Å². The number of hydrogen-bond acceptors (Lipinski definition) is 2. The van der Waals surface area contributed by atoms with Gasteiger partial charge in [-0.3, -0.25) is 4.79 Å². The fourth-order valence-corrected chi connectivity index (χ4v) is 4.09. The highest BCUT2D eigenvalue weighted by molar-refractivity contribution is 5.67. The number of hydrogen-bond donors (Lipinski definition) is 0. The zero-order valence-corrected chi connectivity index (χ0v) is 9.22. The predicted molar refractivity (Wildman–Crippen MR) is 59.1 cm³/mol. The second kappa shape index (κ2) is 2.68. The zero-order valence-electron chi connectivity index (χ0n) is 9.22. The zero-order chi connectivity index (χ0) is 10.9. The summed E-state index contributed by atoms with van der Waals surface area (Å²) in [4.78, 5) is 11.1. The van der Waals surface area contributed by atoms with Gasteiger partial charge in [-0.05, 0) is 29.4 Å². The fourth-order valence-electron chi connectivity index (χ4n) is 4.09. The molecule has 5 unspecified atom stereocenters. The Labute approximate surface area is 94.6 Å². The van der Waals surface area contributed by atoms with Crippen LogP contribution in [0.25, 0.3) is 0 Å². The Bertz CT molecular complexity index is 479. The molecule has 2 nitrogen and oxygen atoms in total. The van der Waals surface area contributed by atoms with E-state index in [1.54, 1.807) is 0 Å². The number of ether oxygens (including phenoxy) is 1. The van der Waals surface area contributed by atoms with Gasteiger partial charge in [-0.1, -0.05) is 24.3 Å². The number of carbonyl (C=O) groups excluding carboxylic acids is 1. The van der Waals surface area contributed by atoms with Crippen LogP contribution in [0.15, 0.2) is 24.3 Å². The molecule has 4 bridgehead atoms. The van der Waals surface area contributed by atoms with Crippen molar-refractivity contribution in [1.29, 1.82) is 0 Å². The quantitative estimate of drug-likeness (QED) is 0.671. The van der Waals surface area contributed by atoms with Gasteiger partial charge < -0.3 is 4.74 Å². The Kier molecular flexibility index (Phi) is 1.47. The van der Waals surface area contributed by atoms with Gasteiger partial charge in [0.25, 0.3) is 0 Å². The van der Waals surface area contributed by atoms with Crippen molar-refractivity contribution < 1.29 is 9.53 Å². The summed E-state index contributed by atoms with van der Waals surface area (Å²) in [5.41, 5.74) is 2.96. The molecule has 2 fully saturated rings. The van der Waals surface area contributed by atoms with Gasteiger partial charge >= 0.3 is 5.97 Å². The van der Waals surface area contributed by atoms with Crippen molar-refractivity contribution in [1.82, 2.24) is 0 Å². The first-order valence-electron chi connectivity index (χ1n) is 6.03. The minimum atomic E-state index is -0.124. The average Bonchev–Trinajstić information content (AvgIpc) is 2.91. The van der Waals surface area contributed by atoms with Gasteiger partial charge in [-0.15, -0.1) is 0 Å². The number of carbonyl (C=O) groups is 1. The maximum atomic E-state index is 11.1. The molecule has 0 aromatic heterocycles. The van der Waals surface area contributed by atoms with E-state index in [0.29, 0.717) is 17.8 Å².